The van der Waals surface area contributed by atoms with E-state index in [0.717, 1.165) is 22.5 Å². The van der Waals surface area contributed by atoms with E-state index >= 15 is 0 Å². The summed E-state index contributed by atoms with van der Waals surface area (Å²) in [5, 5.41) is 12.7. The molecule has 8 nitrogen and oxygen atoms in total. The van der Waals surface area contributed by atoms with Crippen LogP contribution >= 0.6 is 0 Å². The number of aromatic amines is 1. The molecule has 2 aromatic carbocycles. The summed E-state index contributed by atoms with van der Waals surface area (Å²) in [6.07, 6.45) is 3.09. The summed E-state index contributed by atoms with van der Waals surface area (Å²) >= 11 is 0. The van der Waals surface area contributed by atoms with Crippen LogP contribution in [0, 0.1) is 11.3 Å². The van der Waals surface area contributed by atoms with E-state index in [1.807, 2.05) is 49.4 Å². The highest BCUT2D eigenvalue weighted by molar-refractivity contribution is 5.83. The molecule has 0 bridgehead atoms. The van der Waals surface area contributed by atoms with Crippen LogP contribution < -0.4 is 5.32 Å². The Labute approximate surface area is 165 Å². The molecule has 0 aliphatic heterocycles. The van der Waals surface area contributed by atoms with Crippen LogP contribution in [0.5, 0.6) is 0 Å². The van der Waals surface area contributed by atoms with Gasteiger partial charge in [0.2, 0.25) is 0 Å². The fraction of sp³-hybridized carbons (Fsp3) is 0.0952. The van der Waals surface area contributed by atoms with Crippen molar-refractivity contribution < 1.29 is 0 Å². The van der Waals surface area contributed by atoms with E-state index in [2.05, 4.69) is 35.9 Å². The highest BCUT2D eigenvalue weighted by Gasteiger charge is 2.20. The predicted octanol–water partition coefficient (Wildman–Crippen LogP) is 3.74. The van der Waals surface area contributed by atoms with Crippen LogP contribution in [0.1, 0.15) is 24.4 Å². The molecule has 2 N–H and O–H groups in total. The minimum absolute atomic E-state index is 0.178. The van der Waals surface area contributed by atoms with Crippen molar-refractivity contribution in [3.8, 4) is 11.8 Å². The maximum absolute atomic E-state index is 9.33. The Morgan fingerprint density at radius 3 is 2.79 bits per heavy atom. The number of nitriles is 1. The minimum Gasteiger partial charge on any atom is -0.358 e. The van der Waals surface area contributed by atoms with Crippen molar-refractivity contribution in [3.63, 3.8) is 0 Å². The van der Waals surface area contributed by atoms with Crippen LogP contribution in [0.25, 0.3) is 27.9 Å². The van der Waals surface area contributed by atoms with Crippen molar-refractivity contribution in [2.45, 2.75) is 13.0 Å². The molecule has 5 rings (SSSR count). The minimum atomic E-state index is -0.178. The Morgan fingerprint density at radius 2 is 1.97 bits per heavy atom. The zero-order chi connectivity index (χ0) is 19.8. The van der Waals surface area contributed by atoms with Gasteiger partial charge in [0.25, 0.3) is 0 Å². The topological polar surface area (TPSA) is 108 Å². The van der Waals surface area contributed by atoms with E-state index in [9.17, 15) is 5.26 Å². The number of imidazole rings is 2. The molecule has 0 aliphatic rings. The van der Waals surface area contributed by atoms with Crippen molar-refractivity contribution in [2.75, 3.05) is 5.32 Å². The first kappa shape index (κ1) is 16.9. The lowest BCUT2D eigenvalue weighted by molar-refractivity contribution is 0.769. The second kappa shape index (κ2) is 6.73. The quantitative estimate of drug-likeness (QED) is 0.492. The van der Waals surface area contributed by atoms with Gasteiger partial charge in [-0.2, -0.15) is 5.26 Å². The smallest absolute Gasteiger partial charge is 0.162 e. The van der Waals surface area contributed by atoms with Gasteiger partial charge in [-0.05, 0) is 37.3 Å². The average molecular weight is 380 g/mol. The fourth-order valence-corrected chi connectivity index (χ4v) is 3.44. The Morgan fingerprint density at radius 1 is 1.10 bits per heavy atom. The summed E-state index contributed by atoms with van der Waals surface area (Å²) in [6.45, 7) is 2.02. The fourth-order valence-electron chi connectivity index (χ4n) is 3.44. The number of nitrogens with zero attached hydrogens (tertiary/aromatic N) is 6. The number of nitrogens with one attached hydrogen (secondary N) is 2. The van der Waals surface area contributed by atoms with E-state index in [0.29, 0.717) is 22.5 Å². The van der Waals surface area contributed by atoms with E-state index in [1.165, 1.54) is 6.33 Å². The molecular weight excluding hydrogens is 364 g/mol. The van der Waals surface area contributed by atoms with E-state index in [-0.39, 0.29) is 6.04 Å². The SMILES string of the molecule is C[C@H](Nc1ncnc2[nH]cnc12)c1nc2ccc(C#N)cc2n1-c1ccccc1. The van der Waals surface area contributed by atoms with E-state index < -0.39 is 0 Å². The molecule has 5 aromatic rings. The Bertz CT molecular complexity index is 1360. The van der Waals surface area contributed by atoms with Gasteiger partial charge >= 0.3 is 0 Å². The highest BCUT2D eigenvalue weighted by Crippen LogP contribution is 2.28. The largest absolute Gasteiger partial charge is 0.358 e. The summed E-state index contributed by atoms with van der Waals surface area (Å²) in [4.78, 5) is 20.7. The lowest BCUT2D eigenvalue weighted by atomic mass is 10.2. The molecule has 0 saturated carbocycles. The van der Waals surface area contributed by atoms with Crippen molar-refractivity contribution in [3.05, 3.63) is 72.6 Å². The number of fused-ring (bicyclic) bond motifs is 2. The summed E-state index contributed by atoms with van der Waals surface area (Å²) < 4.78 is 2.07. The van der Waals surface area contributed by atoms with Crippen LogP contribution in [0.15, 0.2) is 61.2 Å². The van der Waals surface area contributed by atoms with Crippen LogP contribution in [0.3, 0.4) is 0 Å². The lowest BCUT2D eigenvalue weighted by Crippen LogP contribution is -2.14. The summed E-state index contributed by atoms with van der Waals surface area (Å²) in [5.74, 6) is 1.44. The molecule has 0 fully saturated rings. The van der Waals surface area contributed by atoms with Crippen molar-refractivity contribution in [2.24, 2.45) is 0 Å². The van der Waals surface area contributed by atoms with Gasteiger partial charge in [0.05, 0.1) is 35.0 Å². The average Bonchev–Trinajstić information content (AvgIpc) is 3.39. The van der Waals surface area contributed by atoms with Gasteiger partial charge in [-0.25, -0.2) is 19.9 Å². The molecule has 0 spiro atoms. The number of benzene rings is 2. The Balaban J connectivity index is 1.66. The third-order valence-corrected chi connectivity index (χ3v) is 4.78. The van der Waals surface area contributed by atoms with E-state index in [1.54, 1.807) is 12.4 Å². The third kappa shape index (κ3) is 2.85. The molecule has 0 aliphatic carbocycles. The maximum atomic E-state index is 9.33. The molecule has 8 heteroatoms. The van der Waals surface area contributed by atoms with Crippen molar-refractivity contribution >= 4 is 28.0 Å². The number of hydrogen-bond acceptors (Lipinski definition) is 6. The van der Waals surface area contributed by atoms with Gasteiger partial charge in [-0.1, -0.05) is 18.2 Å². The maximum Gasteiger partial charge on any atom is 0.162 e. The molecule has 29 heavy (non-hydrogen) atoms. The zero-order valence-electron chi connectivity index (χ0n) is 15.5. The molecule has 3 heterocycles. The molecule has 140 valence electrons. The number of aromatic nitrogens is 6. The van der Waals surface area contributed by atoms with Crippen molar-refractivity contribution in [1.82, 2.24) is 29.5 Å². The summed E-state index contributed by atoms with van der Waals surface area (Å²) in [5.41, 5.74) is 4.62. The number of anilines is 1. The zero-order valence-corrected chi connectivity index (χ0v) is 15.5. The first-order chi connectivity index (χ1) is 14.2. The highest BCUT2D eigenvalue weighted by atomic mass is 15.2. The number of para-hydroxylation sites is 1. The van der Waals surface area contributed by atoms with E-state index in [4.69, 9.17) is 4.98 Å². The first-order valence-corrected chi connectivity index (χ1v) is 9.13. The predicted molar refractivity (Wildman–Crippen MR) is 110 cm³/mol. The summed E-state index contributed by atoms with van der Waals surface area (Å²) in [7, 11) is 0. The number of H-pyrrole nitrogens is 1. The van der Waals surface area contributed by atoms with Gasteiger partial charge < -0.3 is 10.3 Å². The van der Waals surface area contributed by atoms with Gasteiger partial charge in [0.1, 0.15) is 17.7 Å². The normalized spacial score (nSPS) is 12.1. The standard InChI is InChI=1S/C21H16N8/c1-13(27-20-18-19(24-11-23-18)25-12-26-20)21-28-16-8-7-14(10-22)9-17(16)29(21)15-5-3-2-4-6-15/h2-9,11-13H,1H3,(H2,23,24,25,26,27)/t13-/m0/s1. The molecular formula is C21H16N8. The summed E-state index contributed by atoms with van der Waals surface area (Å²) in [6, 6.07) is 17.5. The molecule has 0 amide bonds. The molecule has 3 aromatic heterocycles. The van der Waals surface area contributed by atoms with Crippen LogP contribution in [0.4, 0.5) is 5.82 Å². The molecule has 1 atom stereocenters. The first-order valence-electron chi connectivity index (χ1n) is 9.13. The second-order valence-electron chi connectivity index (χ2n) is 6.64. The van der Waals surface area contributed by atoms with Crippen LogP contribution in [0.2, 0.25) is 0 Å². The second-order valence-corrected chi connectivity index (χ2v) is 6.64. The van der Waals surface area contributed by atoms with Crippen LogP contribution in [-0.2, 0) is 0 Å². The van der Waals surface area contributed by atoms with Gasteiger partial charge in [0, 0.05) is 5.69 Å². The Kier molecular flexibility index (Phi) is 3.92. The number of hydrogen-bond donors (Lipinski definition) is 2. The molecule has 0 unspecified atom stereocenters. The van der Waals surface area contributed by atoms with Gasteiger partial charge in [0.15, 0.2) is 11.5 Å². The lowest BCUT2D eigenvalue weighted by Gasteiger charge is -2.17. The molecule has 0 saturated heterocycles. The third-order valence-electron chi connectivity index (χ3n) is 4.78. The molecule has 0 radical (unpaired) electrons. The van der Waals surface area contributed by atoms with Crippen molar-refractivity contribution in [1.29, 1.82) is 5.26 Å². The van der Waals surface area contributed by atoms with Crippen LogP contribution in [-0.4, -0.2) is 29.5 Å². The number of rotatable bonds is 4. The van der Waals surface area contributed by atoms with Gasteiger partial charge in [-0.3, -0.25) is 4.57 Å². The monoisotopic (exact) mass is 380 g/mol. The van der Waals surface area contributed by atoms with Gasteiger partial charge in [-0.15, -0.1) is 0 Å². The Hall–Kier alpha value is -4.25.